The lowest BCUT2D eigenvalue weighted by molar-refractivity contribution is -0.135. The van der Waals surface area contributed by atoms with E-state index in [2.05, 4.69) is 27.7 Å². The van der Waals surface area contributed by atoms with E-state index in [-0.39, 0.29) is 24.0 Å². The molecule has 1 saturated heterocycles. The van der Waals surface area contributed by atoms with Crippen LogP contribution in [0.5, 0.6) is 0 Å². The van der Waals surface area contributed by atoms with Crippen molar-refractivity contribution >= 4 is 5.91 Å². The van der Waals surface area contributed by atoms with Gasteiger partial charge in [-0.25, -0.2) is 0 Å². The van der Waals surface area contributed by atoms with Crippen LogP contribution >= 0.6 is 0 Å². The van der Waals surface area contributed by atoms with Crippen molar-refractivity contribution in [3.05, 3.63) is 0 Å². The summed E-state index contributed by atoms with van der Waals surface area (Å²) < 4.78 is 0. The summed E-state index contributed by atoms with van der Waals surface area (Å²) in [5.74, 6) is 0.616. The van der Waals surface area contributed by atoms with Crippen LogP contribution in [0.2, 0.25) is 0 Å². The molecule has 0 aliphatic carbocycles. The molecule has 0 spiro atoms. The first-order chi connectivity index (χ1) is 6.85. The van der Waals surface area contributed by atoms with Gasteiger partial charge in [0.25, 0.3) is 0 Å². The monoisotopic (exact) mass is 213 g/mol. The van der Waals surface area contributed by atoms with Crippen molar-refractivity contribution in [1.29, 1.82) is 0 Å². The molecule has 2 atom stereocenters. The molecule has 3 heteroatoms. The van der Waals surface area contributed by atoms with Gasteiger partial charge in [0.1, 0.15) is 0 Å². The molecule has 1 amide bonds. The number of amides is 1. The molecule has 0 radical (unpaired) electrons. The molecule has 1 N–H and O–H groups in total. The average Bonchev–Trinajstić information content (AvgIpc) is 2.43. The lowest BCUT2D eigenvalue weighted by Crippen LogP contribution is -2.41. The molecule has 15 heavy (non-hydrogen) atoms. The first kappa shape index (κ1) is 12.5. The molecule has 0 aromatic rings. The van der Waals surface area contributed by atoms with Gasteiger partial charge in [-0.1, -0.05) is 27.7 Å². The highest BCUT2D eigenvalue weighted by Gasteiger charge is 2.34. The molecule has 3 nitrogen and oxygen atoms in total. The van der Waals surface area contributed by atoms with Gasteiger partial charge in [0.05, 0.1) is 12.6 Å². The number of aliphatic hydroxyl groups is 1. The molecular weight excluding hydrogens is 190 g/mol. The second-order valence-corrected chi connectivity index (χ2v) is 5.84. The number of hydrogen-bond donors (Lipinski definition) is 1. The Hall–Kier alpha value is -0.570. The minimum Gasteiger partial charge on any atom is -0.394 e. The third-order valence-electron chi connectivity index (χ3n) is 3.07. The molecule has 0 aromatic heterocycles. The molecule has 88 valence electrons. The van der Waals surface area contributed by atoms with Gasteiger partial charge >= 0.3 is 0 Å². The zero-order valence-corrected chi connectivity index (χ0v) is 10.3. The standard InChI is InChI=1S/C12H23NO2/c1-9-5-6-13(10(9)8-14)11(15)7-12(2,3)4/h9-10,14H,5-8H2,1-4H3. The van der Waals surface area contributed by atoms with Crippen LogP contribution in [-0.2, 0) is 4.79 Å². The highest BCUT2D eigenvalue weighted by atomic mass is 16.3. The van der Waals surface area contributed by atoms with E-state index in [1.54, 1.807) is 0 Å². The fourth-order valence-electron chi connectivity index (χ4n) is 2.15. The number of rotatable bonds is 2. The topological polar surface area (TPSA) is 40.5 Å². The fourth-order valence-corrected chi connectivity index (χ4v) is 2.15. The maximum Gasteiger partial charge on any atom is 0.223 e. The molecular formula is C12H23NO2. The van der Waals surface area contributed by atoms with Crippen LogP contribution in [0.25, 0.3) is 0 Å². The second kappa shape index (κ2) is 4.52. The molecule has 0 saturated carbocycles. The van der Waals surface area contributed by atoms with E-state index in [0.29, 0.717) is 12.3 Å². The average molecular weight is 213 g/mol. The fraction of sp³-hybridized carbons (Fsp3) is 0.917. The summed E-state index contributed by atoms with van der Waals surface area (Å²) in [7, 11) is 0. The number of aliphatic hydroxyl groups excluding tert-OH is 1. The smallest absolute Gasteiger partial charge is 0.223 e. The van der Waals surface area contributed by atoms with E-state index in [1.165, 1.54) is 0 Å². The predicted molar refractivity (Wildman–Crippen MR) is 60.4 cm³/mol. The Morgan fingerprint density at radius 3 is 2.53 bits per heavy atom. The number of hydrogen-bond acceptors (Lipinski definition) is 2. The summed E-state index contributed by atoms with van der Waals surface area (Å²) in [4.78, 5) is 13.8. The van der Waals surface area contributed by atoms with E-state index >= 15 is 0 Å². The Balaban J connectivity index is 2.60. The maximum atomic E-state index is 12.0. The molecule has 1 rings (SSSR count). The van der Waals surface area contributed by atoms with Crippen LogP contribution in [-0.4, -0.2) is 35.1 Å². The summed E-state index contributed by atoms with van der Waals surface area (Å²) in [6.07, 6.45) is 1.58. The van der Waals surface area contributed by atoms with E-state index in [0.717, 1.165) is 13.0 Å². The highest BCUT2D eigenvalue weighted by Crippen LogP contribution is 2.27. The van der Waals surface area contributed by atoms with Crippen LogP contribution in [0.15, 0.2) is 0 Å². The summed E-state index contributed by atoms with van der Waals surface area (Å²) in [6.45, 7) is 9.21. The third-order valence-corrected chi connectivity index (χ3v) is 3.07. The normalized spacial score (nSPS) is 27.1. The van der Waals surface area contributed by atoms with E-state index in [9.17, 15) is 9.90 Å². The minimum absolute atomic E-state index is 0.0307. The molecule has 1 fully saturated rings. The van der Waals surface area contributed by atoms with Crippen molar-refractivity contribution in [2.75, 3.05) is 13.2 Å². The number of carbonyl (C=O) groups excluding carboxylic acids is 1. The van der Waals surface area contributed by atoms with E-state index in [4.69, 9.17) is 0 Å². The van der Waals surface area contributed by atoms with Gasteiger partial charge in [-0.2, -0.15) is 0 Å². The van der Waals surface area contributed by atoms with Gasteiger partial charge in [0, 0.05) is 13.0 Å². The van der Waals surface area contributed by atoms with Gasteiger partial charge in [-0.3, -0.25) is 4.79 Å². The molecule has 0 aromatic carbocycles. The quantitative estimate of drug-likeness (QED) is 0.757. The highest BCUT2D eigenvalue weighted by molar-refractivity contribution is 5.77. The van der Waals surface area contributed by atoms with Gasteiger partial charge in [-0.05, 0) is 17.8 Å². The Morgan fingerprint density at radius 1 is 1.47 bits per heavy atom. The van der Waals surface area contributed by atoms with Crippen molar-refractivity contribution in [3.63, 3.8) is 0 Å². The Kier molecular flexibility index (Phi) is 3.77. The lowest BCUT2D eigenvalue weighted by Gasteiger charge is -2.28. The molecule has 0 bridgehead atoms. The van der Waals surface area contributed by atoms with Gasteiger partial charge in [0.2, 0.25) is 5.91 Å². The van der Waals surface area contributed by atoms with Crippen LogP contribution in [0, 0.1) is 11.3 Å². The number of likely N-dealkylation sites (tertiary alicyclic amines) is 1. The van der Waals surface area contributed by atoms with Crippen molar-refractivity contribution in [2.45, 2.75) is 46.6 Å². The van der Waals surface area contributed by atoms with Crippen LogP contribution in [0.1, 0.15) is 40.5 Å². The van der Waals surface area contributed by atoms with Gasteiger partial charge in [0.15, 0.2) is 0 Å². The summed E-state index contributed by atoms with van der Waals surface area (Å²) in [5, 5.41) is 9.26. The molecule has 1 aliphatic heterocycles. The Morgan fingerprint density at radius 2 is 2.07 bits per heavy atom. The van der Waals surface area contributed by atoms with Crippen molar-refractivity contribution < 1.29 is 9.90 Å². The largest absolute Gasteiger partial charge is 0.394 e. The summed E-state index contributed by atoms with van der Waals surface area (Å²) in [5.41, 5.74) is 0.0307. The van der Waals surface area contributed by atoms with E-state index < -0.39 is 0 Å². The lowest BCUT2D eigenvalue weighted by atomic mass is 9.91. The molecule has 1 heterocycles. The Bertz CT molecular complexity index is 232. The summed E-state index contributed by atoms with van der Waals surface area (Å²) >= 11 is 0. The number of carbonyl (C=O) groups is 1. The van der Waals surface area contributed by atoms with Crippen molar-refractivity contribution in [1.82, 2.24) is 4.90 Å². The van der Waals surface area contributed by atoms with Crippen molar-refractivity contribution in [3.8, 4) is 0 Å². The van der Waals surface area contributed by atoms with E-state index in [1.807, 2.05) is 4.90 Å². The minimum atomic E-state index is 0.0307. The first-order valence-corrected chi connectivity index (χ1v) is 5.75. The maximum absolute atomic E-state index is 12.0. The predicted octanol–water partition coefficient (Wildman–Crippen LogP) is 1.65. The summed E-state index contributed by atoms with van der Waals surface area (Å²) in [6, 6.07) is 0.0415. The Labute approximate surface area is 92.5 Å². The zero-order chi connectivity index (χ0) is 11.6. The van der Waals surface area contributed by atoms with Gasteiger partial charge in [-0.15, -0.1) is 0 Å². The SMILES string of the molecule is CC1CCN(C(=O)CC(C)(C)C)C1CO. The first-order valence-electron chi connectivity index (χ1n) is 5.75. The van der Waals surface area contributed by atoms with Crippen LogP contribution in [0.3, 0.4) is 0 Å². The second-order valence-electron chi connectivity index (χ2n) is 5.84. The zero-order valence-electron chi connectivity index (χ0n) is 10.3. The van der Waals surface area contributed by atoms with Crippen LogP contribution < -0.4 is 0 Å². The van der Waals surface area contributed by atoms with Crippen LogP contribution in [0.4, 0.5) is 0 Å². The van der Waals surface area contributed by atoms with Gasteiger partial charge < -0.3 is 10.0 Å². The molecule has 2 unspecified atom stereocenters. The third kappa shape index (κ3) is 3.20. The molecule has 1 aliphatic rings. The van der Waals surface area contributed by atoms with Crippen molar-refractivity contribution in [2.24, 2.45) is 11.3 Å². The number of nitrogens with zero attached hydrogens (tertiary/aromatic N) is 1.